The summed E-state index contributed by atoms with van der Waals surface area (Å²) in [7, 11) is 1.58. The Balaban J connectivity index is 1.82. The van der Waals surface area contributed by atoms with Crippen LogP contribution in [0.1, 0.15) is 5.56 Å². The molecule has 19 heteroatoms. The molecule has 0 unspecified atom stereocenters. The zero-order valence-electron chi connectivity index (χ0n) is 22.3. The van der Waals surface area contributed by atoms with E-state index in [0.29, 0.717) is 36.0 Å². The van der Waals surface area contributed by atoms with Crippen molar-refractivity contribution in [2.24, 2.45) is 7.05 Å². The summed E-state index contributed by atoms with van der Waals surface area (Å²) in [5.41, 5.74) is -4.02. The van der Waals surface area contributed by atoms with Crippen LogP contribution in [0.4, 0.5) is 68.3 Å². The quantitative estimate of drug-likeness (QED) is 0.136. The zero-order chi connectivity index (χ0) is 33.3. The van der Waals surface area contributed by atoms with E-state index in [-0.39, 0.29) is 16.6 Å². The Morgan fingerprint density at radius 2 is 1.64 bits per heavy atom. The smallest absolute Gasteiger partial charge is 0.337 e. The van der Waals surface area contributed by atoms with Crippen LogP contribution < -0.4 is 15.7 Å². The maximum atomic E-state index is 15.0. The Morgan fingerprint density at radius 3 is 2.20 bits per heavy atom. The Kier molecular flexibility index (Phi) is 8.73. The highest BCUT2D eigenvalue weighted by Gasteiger charge is 2.43. The minimum atomic E-state index is -5.53. The average molecular weight is 645 g/mol. The van der Waals surface area contributed by atoms with Crippen molar-refractivity contribution in [2.75, 3.05) is 15.7 Å². The van der Waals surface area contributed by atoms with Crippen LogP contribution in [-0.4, -0.2) is 37.8 Å². The second kappa shape index (κ2) is 12.2. The molecule has 2 aromatic carbocycles. The normalized spacial score (nSPS) is 11.6. The second-order valence-electron chi connectivity index (χ2n) is 8.80. The topological polar surface area (TPSA) is 114 Å². The molecule has 2 aromatic heterocycles. The van der Waals surface area contributed by atoms with Crippen molar-refractivity contribution in [3.8, 4) is 11.1 Å². The summed E-state index contributed by atoms with van der Waals surface area (Å²) in [6.45, 7) is 3.10. The standard InChI is InChI=1S/C26H16F9N7O3/c1-3-20(43)42(45-23(44)26(33,34)35)14-4-5-16(27)19(8-14)39-22-15(10-36-24(40-22)38-13-9-37-41(2)11-13)12-6-17(28)21(18(29)7-12)25(30,31)32/h3-11H,1H2,2H3,(H2,36,38,39,40). The molecule has 1 amide bonds. The predicted molar refractivity (Wildman–Crippen MR) is 138 cm³/mol. The molecular weight excluding hydrogens is 629 g/mol. The van der Waals surface area contributed by atoms with Crippen LogP contribution in [0.3, 0.4) is 0 Å². The Bertz CT molecular complexity index is 1770. The van der Waals surface area contributed by atoms with E-state index < -0.39 is 70.0 Å². The van der Waals surface area contributed by atoms with Crippen molar-refractivity contribution in [2.45, 2.75) is 12.4 Å². The second-order valence-corrected chi connectivity index (χ2v) is 8.80. The molecule has 0 saturated heterocycles. The van der Waals surface area contributed by atoms with Gasteiger partial charge in [0.1, 0.15) is 28.8 Å². The summed E-state index contributed by atoms with van der Waals surface area (Å²) in [5, 5.41) is 8.92. The number of benzene rings is 2. The third-order valence-corrected chi connectivity index (χ3v) is 5.60. The van der Waals surface area contributed by atoms with Gasteiger partial charge in [-0.3, -0.25) is 9.48 Å². The summed E-state index contributed by atoms with van der Waals surface area (Å²) < 4.78 is 123. The first-order chi connectivity index (χ1) is 21.0. The number of hydrogen-bond donors (Lipinski definition) is 2. The first-order valence-corrected chi connectivity index (χ1v) is 12.0. The lowest BCUT2D eigenvalue weighted by Gasteiger charge is -2.21. The van der Waals surface area contributed by atoms with Crippen molar-refractivity contribution in [1.82, 2.24) is 19.7 Å². The molecule has 10 nitrogen and oxygen atoms in total. The highest BCUT2D eigenvalue weighted by atomic mass is 19.4. The van der Waals surface area contributed by atoms with Gasteiger partial charge in [-0.2, -0.15) is 36.4 Å². The number of carbonyl (C=O) groups excluding carboxylic acids is 2. The number of anilines is 5. The van der Waals surface area contributed by atoms with Gasteiger partial charge in [0.25, 0.3) is 5.91 Å². The molecule has 0 aliphatic heterocycles. The van der Waals surface area contributed by atoms with Crippen LogP contribution in [0, 0.1) is 17.5 Å². The number of amides is 1. The van der Waals surface area contributed by atoms with Crippen LogP contribution in [-0.2, 0) is 27.7 Å². The fraction of sp³-hybridized carbons (Fsp3) is 0.115. The summed E-state index contributed by atoms with van der Waals surface area (Å²) >= 11 is 0. The maximum absolute atomic E-state index is 15.0. The van der Waals surface area contributed by atoms with Crippen LogP contribution >= 0.6 is 0 Å². The number of aryl methyl sites for hydroxylation is 1. The number of nitrogens with one attached hydrogen (secondary N) is 2. The lowest BCUT2D eigenvalue weighted by atomic mass is 10.0. The third kappa shape index (κ3) is 7.31. The van der Waals surface area contributed by atoms with Gasteiger partial charge in [-0.1, -0.05) is 6.58 Å². The Hall–Kier alpha value is -5.62. The van der Waals surface area contributed by atoms with Gasteiger partial charge < -0.3 is 15.5 Å². The summed E-state index contributed by atoms with van der Waals surface area (Å²) in [6.07, 6.45) is -6.65. The molecule has 0 fully saturated rings. The lowest BCUT2D eigenvalue weighted by Crippen LogP contribution is -2.38. The molecular formula is C26H16F9N7O3. The number of hydrogen-bond acceptors (Lipinski definition) is 8. The number of hydroxylamine groups is 1. The van der Waals surface area contributed by atoms with E-state index in [0.717, 1.165) is 12.3 Å². The number of nitrogens with zero attached hydrogens (tertiary/aromatic N) is 5. The van der Waals surface area contributed by atoms with E-state index >= 15 is 0 Å². The number of rotatable bonds is 7. The van der Waals surface area contributed by atoms with E-state index in [2.05, 4.69) is 37.1 Å². The first-order valence-electron chi connectivity index (χ1n) is 12.0. The number of carbonyl (C=O) groups is 2. The highest BCUT2D eigenvalue weighted by molar-refractivity contribution is 6.01. The molecule has 236 valence electrons. The van der Waals surface area contributed by atoms with E-state index in [1.807, 2.05) is 0 Å². The van der Waals surface area contributed by atoms with Crippen molar-refractivity contribution >= 4 is 40.7 Å². The molecule has 0 bridgehead atoms. The number of aromatic nitrogens is 4. The minimum absolute atomic E-state index is 0.135. The van der Waals surface area contributed by atoms with Gasteiger partial charge in [0.05, 0.1) is 23.3 Å². The molecule has 45 heavy (non-hydrogen) atoms. The highest BCUT2D eigenvalue weighted by Crippen LogP contribution is 2.38. The summed E-state index contributed by atoms with van der Waals surface area (Å²) in [6, 6.07) is 2.78. The van der Waals surface area contributed by atoms with Crippen LogP contribution in [0.25, 0.3) is 11.1 Å². The molecule has 0 radical (unpaired) electrons. The monoisotopic (exact) mass is 645 g/mol. The van der Waals surface area contributed by atoms with Crippen molar-refractivity contribution in [3.63, 3.8) is 0 Å². The molecule has 2 N–H and O–H groups in total. The van der Waals surface area contributed by atoms with Gasteiger partial charge in [0.2, 0.25) is 5.95 Å². The van der Waals surface area contributed by atoms with Crippen LogP contribution in [0.15, 0.2) is 61.6 Å². The van der Waals surface area contributed by atoms with Crippen LogP contribution in [0.2, 0.25) is 0 Å². The molecule has 0 atom stereocenters. The minimum Gasteiger partial charge on any atom is -0.337 e. The predicted octanol–water partition coefficient (Wildman–Crippen LogP) is 6.34. The van der Waals surface area contributed by atoms with E-state index in [9.17, 15) is 49.1 Å². The molecule has 2 heterocycles. The van der Waals surface area contributed by atoms with E-state index in [4.69, 9.17) is 0 Å². The van der Waals surface area contributed by atoms with E-state index in [1.165, 1.54) is 17.1 Å². The van der Waals surface area contributed by atoms with Gasteiger partial charge in [0.15, 0.2) is 0 Å². The third-order valence-electron chi connectivity index (χ3n) is 5.60. The van der Waals surface area contributed by atoms with Gasteiger partial charge in [-0.15, -0.1) is 5.06 Å². The fourth-order valence-electron chi connectivity index (χ4n) is 3.67. The SMILES string of the molecule is C=CC(=O)N(OC(=O)C(F)(F)F)c1ccc(F)c(Nc2nc(Nc3cnn(C)c3)ncc2-c2cc(F)c(C(F)(F)F)c(F)c2)c1. The van der Waals surface area contributed by atoms with E-state index in [1.54, 1.807) is 7.05 Å². The lowest BCUT2D eigenvalue weighted by molar-refractivity contribution is -0.201. The molecule has 4 aromatic rings. The molecule has 0 spiro atoms. The van der Waals surface area contributed by atoms with Crippen molar-refractivity contribution < 1.29 is 53.9 Å². The van der Waals surface area contributed by atoms with Crippen molar-refractivity contribution in [3.05, 3.63) is 84.6 Å². The summed E-state index contributed by atoms with van der Waals surface area (Å²) in [5.74, 6) is -10.00. The van der Waals surface area contributed by atoms with Gasteiger partial charge in [0, 0.05) is 25.0 Å². The molecule has 4 rings (SSSR count). The Labute approximate surface area is 245 Å². The number of alkyl halides is 6. The summed E-state index contributed by atoms with van der Waals surface area (Å²) in [4.78, 5) is 35.8. The first kappa shape index (κ1) is 32.3. The van der Waals surface area contributed by atoms with Crippen molar-refractivity contribution in [1.29, 1.82) is 0 Å². The maximum Gasteiger partial charge on any atom is 0.493 e. The fourth-order valence-corrected chi connectivity index (χ4v) is 3.67. The zero-order valence-corrected chi connectivity index (χ0v) is 22.3. The molecule has 0 saturated carbocycles. The van der Waals surface area contributed by atoms with Gasteiger partial charge in [-0.05, 0) is 42.0 Å². The van der Waals surface area contributed by atoms with Crippen LogP contribution in [0.5, 0.6) is 0 Å². The molecule has 0 aliphatic rings. The largest absolute Gasteiger partial charge is 0.493 e. The molecule has 0 aliphatic carbocycles. The van der Waals surface area contributed by atoms with Gasteiger partial charge in [-0.25, -0.2) is 22.9 Å². The average Bonchev–Trinajstić information content (AvgIpc) is 3.35. The number of halogens is 9. The Morgan fingerprint density at radius 1 is 0.978 bits per heavy atom. The van der Waals surface area contributed by atoms with Gasteiger partial charge >= 0.3 is 18.3 Å².